The minimum Gasteiger partial charge on any atom is -0.490 e. The third-order valence-corrected chi connectivity index (χ3v) is 6.98. The average molecular weight is 496 g/mol. The first kappa shape index (κ1) is 25.4. The smallest absolute Gasteiger partial charge is 0.330 e. The van der Waals surface area contributed by atoms with Crippen LogP contribution in [0.5, 0.6) is 5.75 Å². The molecule has 0 N–H and O–H groups in total. The molecule has 4 rings (SSSR count). The Bertz CT molecular complexity index is 1410. The summed E-state index contributed by atoms with van der Waals surface area (Å²) in [6, 6.07) is 10.7. The highest BCUT2D eigenvalue weighted by molar-refractivity contribution is 5.33. The van der Waals surface area contributed by atoms with Gasteiger partial charge in [0.05, 0.1) is 6.10 Å². The van der Waals surface area contributed by atoms with E-state index in [2.05, 4.69) is 0 Å². The molecule has 0 unspecified atom stereocenters. The van der Waals surface area contributed by atoms with Crippen LogP contribution in [0.4, 0.5) is 0 Å². The van der Waals surface area contributed by atoms with Gasteiger partial charge in [0, 0.05) is 76.9 Å². The molecule has 0 bridgehead atoms. The van der Waals surface area contributed by atoms with E-state index in [4.69, 9.17) is 4.74 Å². The molecule has 0 amide bonds. The van der Waals surface area contributed by atoms with E-state index in [1.807, 2.05) is 29.2 Å². The second-order valence-corrected chi connectivity index (χ2v) is 9.53. The average Bonchev–Trinajstić information content (AvgIpc) is 3.37. The van der Waals surface area contributed by atoms with Gasteiger partial charge in [-0.1, -0.05) is 18.2 Å². The molecule has 0 radical (unpaired) electrons. The standard InChI is InChI=1S/C26H33N5O5/c1-27-19(13-23(32)29(3)25(27)34)16-31(17-20-14-24(33)30(4)26(35)28(20)2)15-18-9-5-8-12-22(18)36-21-10-6-7-11-21/h5,8-9,12-14,21H,6-7,10-11,15-17H2,1-4H3. The van der Waals surface area contributed by atoms with Crippen LogP contribution in [0.1, 0.15) is 42.6 Å². The lowest BCUT2D eigenvalue weighted by Gasteiger charge is -2.26. The summed E-state index contributed by atoms with van der Waals surface area (Å²) < 4.78 is 11.3. The molecule has 0 aliphatic heterocycles. The minimum absolute atomic E-state index is 0.190. The van der Waals surface area contributed by atoms with Gasteiger partial charge in [-0.3, -0.25) is 32.8 Å². The molecule has 0 spiro atoms. The van der Waals surface area contributed by atoms with E-state index in [1.165, 1.54) is 35.4 Å². The van der Waals surface area contributed by atoms with E-state index in [9.17, 15) is 19.2 Å². The van der Waals surface area contributed by atoms with Crippen molar-refractivity contribution in [3.8, 4) is 5.75 Å². The SMILES string of the molecule is Cn1c(CN(Cc2ccccc2OC2CCCC2)Cc2cc(=O)n(C)c(=O)n2C)cc(=O)n(C)c1=O. The topological polar surface area (TPSA) is 100 Å². The van der Waals surface area contributed by atoms with Crippen LogP contribution in [-0.4, -0.2) is 29.3 Å². The van der Waals surface area contributed by atoms with Crippen LogP contribution < -0.4 is 27.2 Å². The molecule has 0 atom stereocenters. The Morgan fingerprint density at radius 2 is 1.25 bits per heavy atom. The summed E-state index contributed by atoms with van der Waals surface area (Å²) in [5.41, 5.74) is 0.411. The van der Waals surface area contributed by atoms with Crippen LogP contribution in [-0.2, 0) is 47.8 Å². The van der Waals surface area contributed by atoms with E-state index < -0.39 is 11.4 Å². The Kier molecular flexibility index (Phi) is 7.44. The molecule has 36 heavy (non-hydrogen) atoms. The zero-order chi connectivity index (χ0) is 26.0. The highest BCUT2D eigenvalue weighted by atomic mass is 16.5. The molecule has 10 heteroatoms. The monoisotopic (exact) mass is 495 g/mol. The summed E-state index contributed by atoms with van der Waals surface area (Å²) in [6.45, 7) is 0.932. The van der Waals surface area contributed by atoms with Gasteiger partial charge in [-0.15, -0.1) is 0 Å². The maximum Gasteiger partial charge on any atom is 0.330 e. The summed E-state index contributed by atoms with van der Waals surface area (Å²) in [5.74, 6) is 0.796. The van der Waals surface area contributed by atoms with E-state index in [0.717, 1.165) is 46.1 Å². The third-order valence-electron chi connectivity index (χ3n) is 6.98. The van der Waals surface area contributed by atoms with Gasteiger partial charge in [0.1, 0.15) is 5.75 Å². The molecule has 1 aliphatic rings. The molecule has 1 aliphatic carbocycles. The number of rotatable bonds is 8. The predicted octanol–water partition coefficient (Wildman–Crippen LogP) is 1.01. The first-order valence-corrected chi connectivity index (χ1v) is 12.1. The lowest BCUT2D eigenvalue weighted by Crippen LogP contribution is -2.41. The van der Waals surface area contributed by atoms with Gasteiger partial charge in [-0.25, -0.2) is 9.59 Å². The number of nitrogens with zero attached hydrogens (tertiary/aromatic N) is 5. The van der Waals surface area contributed by atoms with Gasteiger partial charge in [-0.2, -0.15) is 0 Å². The van der Waals surface area contributed by atoms with Crippen LogP contribution in [0.25, 0.3) is 0 Å². The van der Waals surface area contributed by atoms with E-state index >= 15 is 0 Å². The van der Waals surface area contributed by atoms with Gasteiger partial charge in [0.25, 0.3) is 11.1 Å². The highest BCUT2D eigenvalue weighted by Crippen LogP contribution is 2.28. The zero-order valence-corrected chi connectivity index (χ0v) is 21.3. The number of hydrogen-bond donors (Lipinski definition) is 0. The van der Waals surface area contributed by atoms with Gasteiger partial charge in [0.2, 0.25) is 0 Å². The van der Waals surface area contributed by atoms with Crippen molar-refractivity contribution in [2.75, 3.05) is 0 Å². The fourth-order valence-corrected chi connectivity index (χ4v) is 4.66. The number of hydrogen-bond acceptors (Lipinski definition) is 6. The summed E-state index contributed by atoms with van der Waals surface area (Å²) in [7, 11) is 6.14. The first-order chi connectivity index (χ1) is 17.2. The van der Waals surface area contributed by atoms with E-state index in [0.29, 0.717) is 17.9 Å². The molecular formula is C26H33N5O5. The van der Waals surface area contributed by atoms with Crippen LogP contribution in [0.2, 0.25) is 0 Å². The van der Waals surface area contributed by atoms with E-state index in [1.54, 1.807) is 14.1 Å². The Labute approximate surface area is 208 Å². The molecule has 3 aromatic rings. The summed E-state index contributed by atoms with van der Waals surface area (Å²) in [4.78, 5) is 51.8. The van der Waals surface area contributed by atoms with Crippen molar-refractivity contribution in [2.45, 2.75) is 51.4 Å². The lowest BCUT2D eigenvalue weighted by atomic mass is 10.1. The molecule has 1 saturated carbocycles. The second kappa shape index (κ2) is 10.5. The number of para-hydroxylation sites is 1. The Balaban J connectivity index is 1.72. The maximum absolute atomic E-state index is 12.5. The van der Waals surface area contributed by atoms with Crippen LogP contribution in [0.3, 0.4) is 0 Å². The van der Waals surface area contributed by atoms with Crippen molar-refractivity contribution in [1.82, 2.24) is 23.2 Å². The number of aromatic nitrogens is 4. The Morgan fingerprint density at radius 1 is 0.750 bits per heavy atom. The number of ether oxygens (including phenoxy) is 1. The minimum atomic E-state index is -0.414. The predicted molar refractivity (Wildman–Crippen MR) is 136 cm³/mol. The van der Waals surface area contributed by atoms with Gasteiger partial charge in [0.15, 0.2) is 0 Å². The molecular weight excluding hydrogens is 462 g/mol. The largest absolute Gasteiger partial charge is 0.490 e. The fraction of sp³-hybridized carbons (Fsp3) is 0.462. The fourth-order valence-electron chi connectivity index (χ4n) is 4.66. The van der Waals surface area contributed by atoms with E-state index in [-0.39, 0.29) is 30.3 Å². The van der Waals surface area contributed by atoms with Crippen molar-refractivity contribution >= 4 is 0 Å². The quantitative estimate of drug-likeness (QED) is 0.462. The lowest BCUT2D eigenvalue weighted by molar-refractivity contribution is 0.195. The van der Waals surface area contributed by atoms with Gasteiger partial charge >= 0.3 is 11.4 Å². The third kappa shape index (κ3) is 5.28. The van der Waals surface area contributed by atoms with Crippen molar-refractivity contribution in [1.29, 1.82) is 0 Å². The van der Waals surface area contributed by atoms with Crippen molar-refractivity contribution in [2.24, 2.45) is 28.2 Å². The zero-order valence-electron chi connectivity index (χ0n) is 21.3. The van der Waals surface area contributed by atoms with Crippen LogP contribution in [0, 0.1) is 0 Å². The number of benzene rings is 1. The van der Waals surface area contributed by atoms with Crippen molar-refractivity contribution in [3.63, 3.8) is 0 Å². The Hall–Kier alpha value is -3.66. The molecule has 192 valence electrons. The molecule has 10 nitrogen and oxygen atoms in total. The van der Waals surface area contributed by atoms with Crippen LogP contribution in [0.15, 0.2) is 55.6 Å². The highest BCUT2D eigenvalue weighted by Gasteiger charge is 2.20. The first-order valence-electron chi connectivity index (χ1n) is 12.1. The van der Waals surface area contributed by atoms with Crippen molar-refractivity contribution < 1.29 is 4.74 Å². The molecule has 2 heterocycles. The summed E-state index contributed by atoms with van der Waals surface area (Å²) >= 11 is 0. The molecule has 2 aromatic heterocycles. The van der Waals surface area contributed by atoms with Crippen molar-refractivity contribution in [3.05, 3.63) is 95.0 Å². The molecule has 1 aromatic carbocycles. The van der Waals surface area contributed by atoms with Crippen LogP contribution >= 0.6 is 0 Å². The Morgan fingerprint density at radius 3 is 1.78 bits per heavy atom. The normalized spacial score (nSPS) is 14.0. The molecule has 1 fully saturated rings. The maximum atomic E-state index is 12.5. The summed E-state index contributed by atoms with van der Waals surface area (Å²) in [5, 5.41) is 0. The molecule has 0 saturated heterocycles. The summed E-state index contributed by atoms with van der Waals surface area (Å²) in [6.07, 6.45) is 4.57. The second-order valence-electron chi connectivity index (χ2n) is 9.53. The van der Waals surface area contributed by atoms with Gasteiger partial charge in [-0.05, 0) is 31.7 Å². The van der Waals surface area contributed by atoms with Gasteiger partial charge < -0.3 is 4.74 Å².